The van der Waals surface area contributed by atoms with Gasteiger partial charge in [-0.3, -0.25) is 4.79 Å². The van der Waals surface area contributed by atoms with Crippen LogP contribution in [0.2, 0.25) is 0 Å². The molecule has 0 radical (unpaired) electrons. The van der Waals surface area contributed by atoms with E-state index in [9.17, 15) is 4.79 Å². The summed E-state index contributed by atoms with van der Waals surface area (Å²) in [6, 6.07) is -0.169. The topological polar surface area (TPSA) is 44.8 Å². The number of hydrogen-bond donors (Lipinski definition) is 1. The van der Waals surface area contributed by atoms with Crippen molar-refractivity contribution in [1.29, 1.82) is 0 Å². The second-order valence-electron chi connectivity index (χ2n) is 6.45. The third-order valence-electron chi connectivity index (χ3n) is 4.99. The first-order chi connectivity index (χ1) is 10.2. The number of nitrogens with zero attached hydrogens (tertiary/aromatic N) is 2. The number of carbonyl (C=O) groups excluding carboxylic acids is 1. The van der Waals surface area contributed by atoms with Crippen LogP contribution in [0.3, 0.4) is 0 Å². The van der Waals surface area contributed by atoms with Gasteiger partial charge in [-0.15, -0.1) is 0 Å². The van der Waals surface area contributed by atoms with Crippen molar-refractivity contribution in [3.05, 3.63) is 0 Å². The molecule has 2 aliphatic rings. The van der Waals surface area contributed by atoms with Crippen LogP contribution in [0.25, 0.3) is 0 Å². The number of carbonyl (C=O) groups is 1. The molecule has 2 aliphatic heterocycles. The second kappa shape index (κ2) is 8.71. The third kappa shape index (κ3) is 5.24. The van der Waals surface area contributed by atoms with Gasteiger partial charge in [-0.2, -0.15) is 0 Å². The van der Waals surface area contributed by atoms with E-state index in [-0.39, 0.29) is 12.0 Å². The van der Waals surface area contributed by atoms with E-state index < -0.39 is 0 Å². The zero-order chi connectivity index (χ0) is 15.1. The summed E-state index contributed by atoms with van der Waals surface area (Å²) in [4.78, 5) is 16.7. The molecule has 0 aliphatic carbocycles. The van der Waals surface area contributed by atoms with Gasteiger partial charge in [-0.05, 0) is 71.2 Å². The molecule has 1 unspecified atom stereocenters. The molecule has 1 atom stereocenters. The fourth-order valence-electron chi connectivity index (χ4n) is 3.56. The first kappa shape index (κ1) is 16.7. The average Bonchev–Trinajstić information content (AvgIpc) is 3.02. The van der Waals surface area contributed by atoms with Gasteiger partial charge < -0.3 is 19.9 Å². The Morgan fingerprint density at radius 2 is 1.86 bits per heavy atom. The van der Waals surface area contributed by atoms with Crippen LogP contribution in [0.1, 0.15) is 32.1 Å². The van der Waals surface area contributed by atoms with Crippen molar-refractivity contribution in [3.63, 3.8) is 0 Å². The number of hydrogen-bond acceptors (Lipinski definition) is 5. The number of piperidine rings is 1. The van der Waals surface area contributed by atoms with Gasteiger partial charge >= 0.3 is 5.97 Å². The minimum absolute atomic E-state index is 0.151. The molecule has 2 fully saturated rings. The number of likely N-dealkylation sites (tertiary alicyclic amines) is 2. The summed E-state index contributed by atoms with van der Waals surface area (Å²) in [5.74, 6) is 0.724. The summed E-state index contributed by atoms with van der Waals surface area (Å²) in [5, 5.41) is 3.04. The lowest BCUT2D eigenvalue weighted by Crippen LogP contribution is -2.42. The average molecular weight is 297 g/mol. The Kier molecular flexibility index (Phi) is 6.93. The molecule has 2 rings (SSSR count). The Balaban J connectivity index is 1.63. The molecular weight excluding hydrogens is 266 g/mol. The summed E-state index contributed by atoms with van der Waals surface area (Å²) in [6.45, 7) is 7.25. The van der Waals surface area contributed by atoms with Gasteiger partial charge in [-0.1, -0.05) is 0 Å². The lowest BCUT2D eigenvalue weighted by Gasteiger charge is -2.34. The quantitative estimate of drug-likeness (QED) is 0.709. The molecule has 0 aromatic carbocycles. The molecule has 0 amide bonds. The molecule has 0 aromatic rings. The molecule has 5 nitrogen and oxygen atoms in total. The van der Waals surface area contributed by atoms with Gasteiger partial charge in [0.05, 0.1) is 7.11 Å². The normalized spacial score (nSPS) is 23.3. The fraction of sp³-hybridized carbons (Fsp3) is 0.938. The second-order valence-corrected chi connectivity index (χ2v) is 6.45. The van der Waals surface area contributed by atoms with Crippen LogP contribution in [-0.4, -0.2) is 75.2 Å². The highest BCUT2D eigenvalue weighted by molar-refractivity contribution is 5.75. The summed E-state index contributed by atoms with van der Waals surface area (Å²) in [7, 11) is 3.28. The van der Waals surface area contributed by atoms with Crippen molar-refractivity contribution < 1.29 is 9.53 Å². The van der Waals surface area contributed by atoms with E-state index >= 15 is 0 Å². The van der Waals surface area contributed by atoms with Crippen LogP contribution in [-0.2, 0) is 9.53 Å². The number of methoxy groups -OCH3 is 1. The molecule has 122 valence electrons. The maximum Gasteiger partial charge on any atom is 0.322 e. The number of rotatable bonds is 7. The molecule has 0 spiro atoms. The Morgan fingerprint density at radius 1 is 1.19 bits per heavy atom. The highest BCUT2D eigenvalue weighted by Crippen LogP contribution is 2.20. The molecule has 0 aromatic heterocycles. The Bertz CT molecular complexity index is 311. The van der Waals surface area contributed by atoms with Crippen LogP contribution in [0.15, 0.2) is 0 Å². The molecule has 0 bridgehead atoms. The van der Waals surface area contributed by atoms with E-state index in [0.29, 0.717) is 0 Å². The van der Waals surface area contributed by atoms with E-state index in [4.69, 9.17) is 4.74 Å². The lowest BCUT2D eigenvalue weighted by atomic mass is 9.96. The molecule has 21 heavy (non-hydrogen) atoms. The van der Waals surface area contributed by atoms with Crippen LogP contribution < -0.4 is 5.32 Å². The van der Waals surface area contributed by atoms with Gasteiger partial charge in [0, 0.05) is 13.1 Å². The SMILES string of the molecule is CNC(CCN1CCC(CN2CCCC2)CC1)C(=O)OC. The lowest BCUT2D eigenvalue weighted by molar-refractivity contribution is -0.143. The standard InChI is InChI=1S/C16H31N3O2/c1-17-15(16(20)21-2)7-12-18-10-5-14(6-11-18)13-19-8-3-4-9-19/h14-15,17H,3-13H2,1-2H3. The predicted molar refractivity (Wildman–Crippen MR) is 84.3 cm³/mol. The van der Waals surface area contributed by atoms with E-state index in [1.807, 2.05) is 7.05 Å². The third-order valence-corrected chi connectivity index (χ3v) is 4.99. The number of nitrogens with one attached hydrogen (secondary N) is 1. The molecule has 2 heterocycles. The van der Waals surface area contributed by atoms with Crippen LogP contribution >= 0.6 is 0 Å². The molecule has 5 heteroatoms. The summed E-state index contributed by atoms with van der Waals surface area (Å²) < 4.78 is 4.81. The van der Waals surface area contributed by atoms with Crippen molar-refractivity contribution in [3.8, 4) is 0 Å². The van der Waals surface area contributed by atoms with Crippen LogP contribution in [0.5, 0.6) is 0 Å². The van der Waals surface area contributed by atoms with Crippen molar-refractivity contribution >= 4 is 5.97 Å². The maximum absolute atomic E-state index is 11.6. The molecule has 0 saturated carbocycles. The highest BCUT2D eigenvalue weighted by atomic mass is 16.5. The Labute approximate surface area is 129 Å². The molecule has 2 saturated heterocycles. The number of ether oxygens (including phenoxy) is 1. The van der Waals surface area contributed by atoms with Gasteiger partial charge in [-0.25, -0.2) is 0 Å². The zero-order valence-corrected chi connectivity index (χ0v) is 13.6. The predicted octanol–water partition coefficient (Wildman–Crippen LogP) is 0.945. The largest absolute Gasteiger partial charge is 0.468 e. The smallest absolute Gasteiger partial charge is 0.322 e. The van der Waals surface area contributed by atoms with Crippen molar-refractivity contribution in [2.24, 2.45) is 5.92 Å². The minimum Gasteiger partial charge on any atom is -0.468 e. The van der Waals surface area contributed by atoms with Gasteiger partial charge in [0.15, 0.2) is 0 Å². The monoisotopic (exact) mass is 297 g/mol. The van der Waals surface area contributed by atoms with E-state index in [1.165, 1.54) is 65.5 Å². The van der Waals surface area contributed by atoms with Gasteiger partial charge in [0.25, 0.3) is 0 Å². The number of likely N-dealkylation sites (N-methyl/N-ethyl adjacent to an activating group) is 1. The van der Waals surface area contributed by atoms with Crippen molar-refractivity contribution in [1.82, 2.24) is 15.1 Å². The van der Waals surface area contributed by atoms with Crippen molar-refractivity contribution in [2.75, 3.05) is 53.4 Å². The van der Waals surface area contributed by atoms with Crippen LogP contribution in [0, 0.1) is 5.92 Å². The fourth-order valence-corrected chi connectivity index (χ4v) is 3.56. The molecular formula is C16H31N3O2. The van der Waals surface area contributed by atoms with Gasteiger partial charge in [0.1, 0.15) is 6.04 Å². The summed E-state index contributed by atoms with van der Waals surface area (Å²) in [5.41, 5.74) is 0. The first-order valence-electron chi connectivity index (χ1n) is 8.42. The Hall–Kier alpha value is -0.650. The zero-order valence-electron chi connectivity index (χ0n) is 13.6. The van der Waals surface area contributed by atoms with Crippen molar-refractivity contribution in [2.45, 2.75) is 38.1 Å². The first-order valence-corrected chi connectivity index (χ1v) is 8.42. The Morgan fingerprint density at radius 3 is 2.43 bits per heavy atom. The summed E-state index contributed by atoms with van der Waals surface area (Å²) >= 11 is 0. The number of esters is 1. The van der Waals surface area contributed by atoms with E-state index in [2.05, 4.69) is 15.1 Å². The summed E-state index contributed by atoms with van der Waals surface area (Å²) in [6.07, 6.45) is 6.22. The van der Waals surface area contributed by atoms with Gasteiger partial charge in [0.2, 0.25) is 0 Å². The van der Waals surface area contributed by atoms with E-state index in [1.54, 1.807) is 0 Å². The van der Waals surface area contributed by atoms with E-state index in [0.717, 1.165) is 18.9 Å². The maximum atomic E-state index is 11.6. The minimum atomic E-state index is -0.169. The molecule has 1 N–H and O–H groups in total. The highest BCUT2D eigenvalue weighted by Gasteiger charge is 2.24. The van der Waals surface area contributed by atoms with Crippen LogP contribution in [0.4, 0.5) is 0 Å².